The van der Waals surface area contributed by atoms with Gasteiger partial charge in [0.15, 0.2) is 0 Å². The molecule has 1 aliphatic heterocycles. The van der Waals surface area contributed by atoms with Crippen LogP contribution >= 0.6 is 0 Å². The Bertz CT molecular complexity index is 506. The van der Waals surface area contributed by atoms with Gasteiger partial charge in [-0.1, -0.05) is 24.3 Å². The lowest BCUT2D eigenvalue weighted by Gasteiger charge is -2.27. The molecule has 108 valence electrons. The summed E-state index contributed by atoms with van der Waals surface area (Å²) in [6.45, 7) is 2.70. The predicted molar refractivity (Wildman–Crippen MR) is 73.4 cm³/mol. The Labute approximate surface area is 117 Å². The Morgan fingerprint density at radius 1 is 1.40 bits per heavy atom. The molecule has 1 aromatic rings. The zero-order valence-corrected chi connectivity index (χ0v) is 11.5. The lowest BCUT2D eigenvalue weighted by molar-refractivity contribution is -0.139. The fraction of sp³-hybridized carbons (Fsp3) is 0.467. The number of ether oxygens (including phenoxy) is 1. The minimum Gasteiger partial charge on any atom is -0.481 e. The molecule has 5 heteroatoms. The van der Waals surface area contributed by atoms with Gasteiger partial charge in [0, 0.05) is 6.61 Å². The molecule has 1 atom stereocenters. The number of carbonyl (C=O) groups is 2. The molecule has 0 radical (unpaired) electrons. The van der Waals surface area contributed by atoms with Gasteiger partial charge in [-0.2, -0.15) is 0 Å². The smallest absolute Gasteiger partial charge is 0.305 e. The van der Waals surface area contributed by atoms with Crippen LogP contribution < -0.4 is 5.32 Å². The van der Waals surface area contributed by atoms with Gasteiger partial charge in [0.1, 0.15) is 0 Å². The van der Waals surface area contributed by atoms with E-state index in [1.54, 1.807) is 0 Å². The van der Waals surface area contributed by atoms with Crippen molar-refractivity contribution in [2.24, 2.45) is 0 Å². The molecule has 1 heterocycles. The van der Waals surface area contributed by atoms with Gasteiger partial charge in [0.05, 0.1) is 25.0 Å². The maximum Gasteiger partial charge on any atom is 0.305 e. The molecule has 2 N–H and O–H groups in total. The lowest BCUT2D eigenvalue weighted by Crippen LogP contribution is -2.51. The van der Waals surface area contributed by atoms with Crippen molar-refractivity contribution in [1.82, 2.24) is 5.32 Å². The standard InChI is InChI=1S/C15H19NO4/c1-11-4-2-3-5-12(11)8-13(17)16-15(9-14(18)19)6-7-20-10-15/h2-5H,6-10H2,1H3,(H,16,17)(H,18,19). The number of hydrogen-bond acceptors (Lipinski definition) is 3. The predicted octanol–water partition coefficient (Wildman–Crippen LogP) is 1.29. The Kier molecular flexibility index (Phi) is 4.39. The molecule has 1 unspecified atom stereocenters. The van der Waals surface area contributed by atoms with Crippen LogP contribution in [-0.4, -0.2) is 35.7 Å². The number of benzene rings is 1. The maximum absolute atomic E-state index is 12.1. The van der Waals surface area contributed by atoms with Crippen molar-refractivity contribution in [2.75, 3.05) is 13.2 Å². The summed E-state index contributed by atoms with van der Waals surface area (Å²) < 4.78 is 5.26. The molecule has 1 aromatic carbocycles. The minimum absolute atomic E-state index is 0.105. The molecule has 1 aliphatic rings. The van der Waals surface area contributed by atoms with Crippen molar-refractivity contribution >= 4 is 11.9 Å². The number of carboxylic acid groups (broad SMARTS) is 1. The normalized spacial score (nSPS) is 21.6. The third-order valence-electron chi connectivity index (χ3n) is 3.61. The van der Waals surface area contributed by atoms with Gasteiger partial charge in [-0.15, -0.1) is 0 Å². The molecule has 0 bridgehead atoms. The minimum atomic E-state index is -0.924. The quantitative estimate of drug-likeness (QED) is 0.850. The maximum atomic E-state index is 12.1. The molecule has 0 spiro atoms. The van der Waals surface area contributed by atoms with E-state index >= 15 is 0 Å². The number of carboxylic acids is 1. The van der Waals surface area contributed by atoms with Crippen LogP contribution in [0.4, 0.5) is 0 Å². The highest BCUT2D eigenvalue weighted by atomic mass is 16.5. The number of aliphatic carboxylic acids is 1. The first-order valence-corrected chi connectivity index (χ1v) is 6.66. The Hall–Kier alpha value is -1.88. The molecule has 0 aliphatic carbocycles. The van der Waals surface area contributed by atoms with Gasteiger partial charge in [-0.25, -0.2) is 0 Å². The lowest BCUT2D eigenvalue weighted by atomic mass is 9.93. The number of rotatable bonds is 5. The molecule has 5 nitrogen and oxygen atoms in total. The van der Waals surface area contributed by atoms with Crippen molar-refractivity contribution in [3.8, 4) is 0 Å². The number of amides is 1. The van der Waals surface area contributed by atoms with Gasteiger partial charge in [-0.05, 0) is 24.5 Å². The van der Waals surface area contributed by atoms with Crippen molar-refractivity contribution in [3.63, 3.8) is 0 Å². The van der Waals surface area contributed by atoms with Crippen LogP contribution in [0, 0.1) is 6.92 Å². The van der Waals surface area contributed by atoms with Crippen molar-refractivity contribution < 1.29 is 19.4 Å². The average Bonchev–Trinajstić information content (AvgIpc) is 2.79. The molecular weight excluding hydrogens is 258 g/mol. The second-order valence-corrected chi connectivity index (χ2v) is 5.30. The summed E-state index contributed by atoms with van der Waals surface area (Å²) >= 11 is 0. The third-order valence-corrected chi connectivity index (χ3v) is 3.61. The zero-order valence-electron chi connectivity index (χ0n) is 11.5. The van der Waals surface area contributed by atoms with Crippen molar-refractivity contribution in [3.05, 3.63) is 35.4 Å². The Morgan fingerprint density at radius 2 is 2.15 bits per heavy atom. The summed E-state index contributed by atoms with van der Waals surface area (Å²) in [7, 11) is 0. The van der Waals surface area contributed by atoms with E-state index in [0.717, 1.165) is 11.1 Å². The summed E-state index contributed by atoms with van der Waals surface area (Å²) in [5, 5.41) is 11.8. The second-order valence-electron chi connectivity index (χ2n) is 5.30. The summed E-state index contributed by atoms with van der Waals surface area (Å²) in [5.74, 6) is -1.09. The summed E-state index contributed by atoms with van der Waals surface area (Å²) in [4.78, 5) is 23.1. The molecule has 1 fully saturated rings. The molecule has 0 saturated carbocycles. The highest BCUT2D eigenvalue weighted by Gasteiger charge is 2.38. The first kappa shape index (κ1) is 14.5. The van der Waals surface area contributed by atoms with Gasteiger partial charge in [-0.3, -0.25) is 9.59 Å². The highest BCUT2D eigenvalue weighted by Crippen LogP contribution is 2.23. The molecule has 0 aromatic heterocycles. The van der Waals surface area contributed by atoms with Crippen LogP contribution in [0.15, 0.2) is 24.3 Å². The summed E-state index contributed by atoms with van der Waals surface area (Å²) in [6, 6.07) is 7.67. The SMILES string of the molecule is Cc1ccccc1CC(=O)NC1(CC(=O)O)CCOC1. The first-order valence-electron chi connectivity index (χ1n) is 6.66. The van der Waals surface area contributed by atoms with Gasteiger partial charge in [0.2, 0.25) is 5.91 Å². The molecule has 1 amide bonds. The molecular formula is C15H19NO4. The van der Waals surface area contributed by atoms with E-state index in [2.05, 4.69) is 5.32 Å². The number of nitrogens with one attached hydrogen (secondary N) is 1. The van der Waals surface area contributed by atoms with Gasteiger partial charge >= 0.3 is 5.97 Å². The summed E-state index contributed by atoms with van der Waals surface area (Å²) in [5.41, 5.74) is 1.25. The fourth-order valence-electron chi connectivity index (χ4n) is 2.50. The van der Waals surface area contributed by atoms with Crippen molar-refractivity contribution in [2.45, 2.75) is 31.7 Å². The van der Waals surface area contributed by atoms with Crippen LogP contribution in [0.2, 0.25) is 0 Å². The topological polar surface area (TPSA) is 75.6 Å². The molecule has 20 heavy (non-hydrogen) atoms. The van der Waals surface area contributed by atoms with E-state index in [1.807, 2.05) is 31.2 Å². The van der Waals surface area contributed by atoms with Crippen molar-refractivity contribution in [1.29, 1.82) is 0 Å². The molecule has 1 saturated heterocycles. The number of hydrogen-bond donors (Lipinski definition) is 2. The van der Waals surface area contributed by atoms with Gasteiger partial charge < -0.3 is 15.2 Å². The fourth-order valence-corrected chi connectivity index (χ4v) is 2.50. The van der Waals surface area contributed by atoms with Crippen LogP contribution in [0.3, 0.4) is 0 Å². The Morgan fingerprint density at radius 3 is 2.75 bits per heavy atom. The van der Waals surface area contributed by atoms with E-state index in [1.165, 1.54) is 0 Å². The average molecular weight is 277 g/mol. The van der Waals surface area contributed by atoms with E-state index in [-0.39, 0.29) is 25.4 Å². The van der Waals surface area contributed by atoms with E-state index in [4.69, 9.17) is 9.84 Å². The Balaban J connectivity index is 2.02. The summed E-state index contributed by atoms with van der Waals surface area (Å²) in [6.07, 6.45) is 0.694. The van der Waals surface area contributed by atoms with Crippen LogP contribution in [0.1, 0.15) is 24.0 Å². The van der Waals surface area contributed by atoms with Crippen LogP contribution in [0.25, 0.3) is 0 Å². The number of carbonyl (C=O) groups excluding carboxylic acids is 1. The largest absolute Gasteiger partial charge is 0.481 e. The highest BCUT2D eigenvalue weighted by molar-refractivity contribution is 5.81. The van der Waals surface area contributed by atoms with Crippen LogP contribution in [-0.2, 0) is 20.7 Å². The van der Waals surface area contributed by atoms with E-state index in [0.29, 0.717) is 13.0 Å². The van der Waals surface area contributed by atoms with Crippen LogP contribution in [0.5, 0.6) is 0 Å². The van der Waals surface area contributed by atoms with E-state index in [9.17, 15) is 9.59 Å². The monoisotopic (exact) mass is 277 g/mol. The number of aryl methyl sites for hydroxylation is 1. The second kappa shape index (κ2) is 6.05. The first-order chi connectivity index (χ1) is 9.51. The van der Waals surface area contributed by atoms with E-state index < -0.39 is 11.5 Å². The molecule has 2 rings (SSSR count). The van der Waals surface area contributed by atoms with Gasteiger partial charge in [0.25, 0.3) is 0 Å². The third kappa shape index (κ3) is 3.57. The zero-order chi connectivity index (χ0) is 14.6.